The molecule has 1 aliphatic heterocycles. The number of nitrogens with two attached hydrogens (primary N) is 1. The molecule has 3 heterocycles. The summed E-state index contributed by atoms with van der Waals surface area (Å²) in [7, 11) is -3.79. The zero-order chi connectivity index (χ0) is 20.8. The summed E-state index contributed by atoms with van der Waals surface area (Å²) in [6.45, 7) is 5.06. The van der Waals surface area contributed by atoms with Crippen LogP contribution in [0.2, 0.25) is 0 Å². The van der Waals surface area contributed by atoms with Gasteiger partial charge in [-0.2, -0.15) is 9.61 Å². The van der Waals surface area contributed by atoms with E-state index in [1.807, 2.05) is 26.2 Å². The second-order valence-electron chi connectivity index (χ2n) is 6.82. The molecule has 0 fully saturated rings. The fourth-order valence-electron chi connectivity index (χ4n) is 3.46. The highest BCUT2D eigenvalue weighted by molar-refractivity contribution is 8.93. The molecule has 0 bridgehead atoms. The summed E-state index contributed by atoms with van der Waals surface area (Å²) in [5, 5.41) is 5.03. The van der Waals surface area contributed by atoms with Crippen molar-refractivity contribution in [3.8, 4) is 0 Å². The number of aromatic nitrogens is 3. The number of sulfone groups is 1. The molecule has 0 aliphatic carbocycles. The summed E-state index contributed by atoms with van der Waals surface area (Å²) in [5.74, 6) is 1.30. The maximum absolute atomic E-state index is 13.4. The van der Waals surface area contributed by atoms with E-state index in [-0.39, 0.29) is 32.8 Å². The molecule has 8 nitrogen and oxygen atoms in total. The third-order valence-corrected chi connectivity index (χ3v) is 7.57. The van der Waals surface area contributed by atoms with Crippen molar-refractivity contribution in [1.29, 1.82) is 0 Å². The number of halogens is 1. The zero-order valence-electron chi connectivity index (χ0n) is 16.8. The molecule has 3 aromatic rings. The van der Waals surface area contributed by atoms with E-state index in [4.69, 9.17) is 5.73 Å². The second-order valence-corrected chi connectivity index (χ2v) is 9.50. The molecule has 0 spiro atoms. The van der Waals surface area contributed by atoms with Gasteiger partial charge >= 0.3 is 0 Å². The van der Waals surface area contributed by atoms with E-state index in [2.05, 4.69) is 20.0 Å². The number of hydrogen-bond acceptors (Lipinski definition) is 8. The molecule has 0 amide bonds. The van der Waals surface area contributed by atoms with E-state index in [0.29, 0.717) is 35.3 Å². The number of benzene rings is 1. The molecule has 30 heavy (non-hydrogen) atoms. The summed E-state index contributed by atoms with van der Waals surface area (Å²) in [6, 6.07) is 10.2. The lowest BCUT2D eigenvalue weighted by molar-refractivity contribution is 0.594. The van der Waals surface area contributed by atoms with Crippen LogP contribution in [0, 0.1) is 6.92 Å². The summed E-state index contributed by atoms with van der Waals surface area (Å²) in [5.41, 5.74) is 7.08. The number of aryl methyl sites for hydroxylation is 1. The van der Waals surface area contributed by atoms with Gasteiger partial charge in [-0.25, -0.2) is 13.4 Å². The molecule has 160 valence electrons. The van der Waals surface area contributed by atoms with Crippen LogP contribution >= 0.6 is 28.7 Å². The number of aliphatic imine (C=N–C) groups is 1. The van der Waals surface area contributed by atoms with Gasteiger partial charge in [0.1, 0.15) is 16.7 Å². The van der Waals surface area contributed by atoms with Crippen molar-refractivity contribution < 1.29 is 8.42 Å². The van der Waals surface area contributed by atoms with Gasteiger partial charge in [0.25, 0.3) is 0 Å². The van der Waals surface area contributed by atoms with Crippen molar-refractivity contribution in [2.24, 2.45) is 10.7 Å². The number of thioether (sulfide) groups is 1. The summed E-state index contributed by atoms with van der Waals surface area (Å²) in [4.78, 5) is 11.3. The predicted molar refractivity (Wildman–Crippen MR) is 125 cm³/mol. The van der Waals surface area contributed by atoms with Crippen LogP contribution in [0.15, 0.2) is 56.2 Å². The highest BCUT2D eigenvalue weighted by Crippen LogP contribution is 2.34. The Hall–Kier alpha value is -2.11. The first kappa shape index (κ1) is 22.6. The molecule has 1 unspecified atom stereocenters. The minimum atomic E-state index is -3.79. The van der Waals surface area contributed by atoms with Crippen LogP contribution in [0.5, 0.6) is 0 Å². The molecule has 2 aromatic heterocycles. The van der Waals surface area contributed by atoms with Crippen molar-refractivity contribution in [2.75, 3.05) is 24.2 Å². The smallest absolute Gasteiger partial charge is 0.213 e. The standard InChI is InChI=1S/C19H22N6O2S2.BrH/c1-12-11-15(24-10-9-21-17(20)13(24)2)25-18(22-12)16(19(23-25)28-3)29(26,27)14-7-5-4-6-8-14;/h4-8,11,13H,9-10H2,1-3H3,(H2,20,21);1H. The molecular weight excluding hydrogens is 488 g/mol. The topological polar surface area (TPSA) is 106 Å². The molecule has 11 heteroatoms. The first-order valence-corrected chi connectivity index (χ1v) is 11.9. The molecule has 0 radical (unpaired) electrons. The van der Waals surface area contributed by atoms with E-state index in [1.54, 1.807) is 34.8 Å². The first-order chi connectivity index (χ1) is 13.8. The normalized spacial score (nSPS) is 17.0. The van der Waals surface area contributed by atoms with Gasteiger partial charge in [-0.3, -0.25) is 4.99 Å². The largest absolute Gasteiger partial charge is 0.386 e. The molecule has 1 aliphatic rings. The Kier molecular flexibility index (Phi) is 6.44. The number of hydrogen-bond donors (Lipinski definition) is 1. The van der Waals surface area contributed by atoms with Crippen molar-refractivity contribution in [2.45, 2.75) is 34.7 Å². The van der Waals surface area contributed by atoms with E-state index >= 15 is 0 Å². The van der Waals surface area contributed by atoms with Gasteiger partial charge < -0.3 is 10.6 Å². The van der Waals surface area contributed by atoms with Crippen molar-refractivity contribution in [1.82, 2.24) is 14.6 Å². The SMILES string of the molecule is Br.CSc1nn2c(N3CCN=C(N)C3C)cc(C)nc2c1S(=O)(=O)c1ccccc1. The Morgan fingerprint density at radius 2 is 1.93 bits per heavy atom. The number of fused-ring (bicyclic) bond motifs is 1. The summed E-state index contributed by atoms with van der Waals surface area (Å²) < 4.78 is 28.5. The predicted octanol–water partition coefficient (Wildman–Crippen LogP) is 2.74. The summed E-state index contributed by atoms with van der Waals surface area (Å²) >= 11 is 1.29. The quantitative estimate of drug-likeness (QED) is 0.537. The number of rotatable bonds is 4. The Labute approximate surface area is 190 Å². The monoisotopic (exact) mass is 510 g/mol. The van der Waals surface area contributed by atoms with Crippen LogP contribution in [-0.2, 0) is 9.84 Å². The zero-order valence-corrected chi connectivity index (χ0v) is 20.2. The van der Waals surface area contributed by atoms with Gasteiger partial charge in [0, 0.05) is 18.3 Å². The molecule has 4 rings (SSSR count). The van der Waals surface area contributed by atoms with Crippen LogP contribution in [0.25, 0.3) is 5.65 Å². The Morgan fingerprint density at radius 1 is 1.23 bits per heavy atom. The van der Waals surface area contributed by atoms with E-state index < -0.39 is 9.84 Å². The van der Waals surface area contributed by atoms with E-state index in [9.17, 15) is 8.42 Å². The van der Waals surface area contributed by atoms with E-state index in [0.717, 1.165) is 5.82 Å². The Bertz CT molecular complexity index is 1210. The third-order valence-electron chi connectivity index (χ3n) is 4.97. The average Bonchev–Trinajstić information content (AvgIpc) is 3.09. The highest BCUT2D eigenvalue weighted by Gasteiger charge is 2.31. The molecule has 1 aromatic carbocycles. The maximum atomic E-state index is 13.4. The van der Waals surface area contributed by atoms with Gasteiger partial charge in [0.05, 0.1) is 17.5 Å². The van der Waals surface area contributed by atoms with Gasteiger partial charge in [-0.15, -0.1) is 28.7 Å². The number of anilines is 1. The molecular formula is C19H23BrN6O2S2. The van der Waals surface area contributed by atoms with Crippen molar-refractivity contribution >= 4 is 55.9 Å². The lowest BCUT2D eigenvalue weighted by Crippen LogP contribution is -2.48. The molecule has 1 atom stereocenters. The minimum absolute atomic E-state index is 0. The summed E-state index contributed by atoms with van der Waals surface area (Å²) in [6.07, 6.45) is 1.81. The second kappa shape index (κ2) is 8.56. The molecule has 2 N–H and O–H groups in total. The Morgan fingerprint density at radius 3 is 2.60 bits per heavy atom. The fourth-order valence-corrected chi connectivity index (χ4v) is 5.87. The van der Waals surface area contributed by atoms with Crippen LogP contribution in [0.1, 0.15) is 12.6 Å². The maximum Gasteiger partial charge on any atom is 0.213 e. The van der Waals surface area contributed by atoms with Crippen molar-refractivity contribution in [3.63, 3.8) is 0 Å². The highest BCUT2D eigenvalue weighted by atomic mass is 79.9. The average molecular weight is 511 g/mol. The van der Waals surface area contributed by atoms with Crippen LogP contribution < -0.4 is 10.6 Å². The number of nitrogens with zero attached hydrogens (tertiary/aromatic N) is 5. The first-order valence-electron chi connectivity index (χ1n) is 9.15. The molecule has 0 saturated carbocycles. The van der Waals surface area contributed by atoms with Crippen molar-refractivity contribution in [3.05, 3.63) is 42.1 Å². The van der Waals surface area contributed by atoms with Gasteiger partial charge in [-0.1, -0.05) is 18.2 Å². The minimum Gasteiger partial charge on any atom is -0.386 e. The van der Waals surface area contributed by atoms with Gasteiger partial charge in [0.15, 0.2) is 10.5 Å². The lowest BCUT2D eigenvalue weighted by Gasteiger charge is -2.33. The Balaban J connectivity index is 0.00000256. The number of amidine groups is 1. The van der Waals surface area contributed by atoms with Crippen LogP contribution in [0.3, 0.4) is 0 Å². The molecule has 0 saturated heterocycles. The van der Waals surface area contributed by atoms with Crippen LogP contribution in [-0.4, -0.2) is 54.2 Å². The van der Waals surface area contributed by atoms with Gasteiger partial charge in [-0.05, 0) is 32.2 Å². The van der Waals surface area contributed by atoms with Crippen LogP contribution in [0.4, 0.5) is 5.82 Å². The van der Waals surface area contributed by atoms with E-state index in [1.165, 1.54) is 11.8 Å². The fraction of sp³-hybridized carbons (Fsp3) is 0.316. The van der Waals surface area contributed by atoms with Gasteiger partial charge in [0.2, 0.25) is 9.84 Å². The lowest BCUT2D eigenvalue weighted by atomic mass is 10.2. The third kappa shape index (κ3) is 3.69.